The monoisotopic (exact) mass is 265 g/mol. The van der Waals surface area contributed by atoms with Gasteiger partial charge >= 0.3 is 0 Å². The minimum atomic E-state index is -0.0608. The van der Waals surface area contributed by atoms with Gasteiger partial charge in [-0.05, 0) is 13.0 Å². The summed E-state index contributed by atoms with van der Waals surface area (Å²) in [6.45, 7) is 1.94. The van der Waals surface area contributed by atoms with Gasteiger partial charge in [-0.3, -0.25) is 4.79 Å². The summed E-state index contributed by atoms with van der Waals surface area (Å²) in [5.41, 5.74) is 2.43. The highest BCUT2D eigenvalue weighted by molar-refractivity contribution is 6.09. The molecule has 0 atom stereocenters. The molecule has 0 saturated carbocycles. The van der Waals surface area contributed by atoms with E-state index in [2.05, 4.69) is 15.1 Å². The van der Waals surface area contributed by atoms with Crippen LogP contribution in [0.25, 0.3) is 10.9 Å². The molecule has 1 N–H and O–H groups in total. The maximum absolute atomic E-state index is 12.4. The van der Waals surface area contributed by atoms with Gasteiger partial charge in [0.05, 0.1) is 0 Å². The number of fused-ring (bicyclic) bond motifs is 1. The van der Waals surface area contributed by atoms with Gasteiger partial charge in [0.1, 0.15) is 18.9 Å². The number of carbonyl (C=O) groups is 1. The normalized spacial score (nSPS) is 10.6. The van der Waals surface area contributed by atoms with Crippen LogP contribution in [0, 0.1) is 18.3 Å². The van der Waals surface area contributed by atoms with Crippen LogP contribution in [0.2, 0.25) is 0 Å². The number of nitrogens with zero attached hydrogens (tertiary/aromatic N) is 4. The summed E-state index contributed by atoms with van der Waals surface area (Å²) in [4.78, 5) is 19.4. The smallest absolute Gasteiger partial charge is 0.252 e. The van der Waals surface area contributed by atoms with Gasteiger partial charge in [-0.25, -0.2) is 9.67 Å². The molecule has 2 heterocycles. The fraction of sp³-hybridized carbons (Fsp3) is 0.143. The van der Waals surface area contributed by atoms with Crippen molar-refractivity contribution in [3.63, 3.8) is 0 Å². The first-order valence-corrected chi connectivity index (χ1v) is 6.09. The number of ketones is 1. The Hall–Kier alpha value is -2.94. The summed E-state index contributed by atoms with van der Waals surface area (Å²) in [5.74, 6) is 0.00258. The average molecular weight is 265 g/mol. The van der Waals surface area contributed by atoms with Crippen molar-refractivity contribution in [2.45, 2.75) is 13.5 Å². The van der Waals surface area contributed by atoms with E-state index < -0.39 is 0 Å². The lowest BCUT2D eigenvalue weighted by atomic mass is 10.1. The fourth-order valence-electron chi connectivity index (χ4n) is 2.28. The molecule has 0 spiro atoms. The maximum atomic E-state index is 12.4. The zero-order valence-corrected chi connectivity index (χ0v) is 10.8. The molecule has 0 amide bonds. The first kappa shape index (κ1) is 12.1. The second-order valence-corrected chi connectivity index (χ2v) is 4.47. The van der Waals surface area contributed by atoms with Crippen LogP contribution in [0.3, 0.4) is 0 Å². The first-order valence-electron chi connectivity index (χ1n) is 6.09. The minimum Gasteiger partial charge on any atom is -0.358 e. The van der Waals surface area contributed by atoms with Crippen LogP contribution in [0.4, 0.5) is 0 Å². The number of nitriles is 1. The van der Waals surface area contributed by atoms with Crippen LogP contribution in [-0.4, -0.2) is 25.5 Å². The molecule has 1 aromatic carbocycles. The van der Waals surface area contributed by atoms with E-state index >= 15 is 0 Å². The van der Waals surface area contributed by atoms with Gasteiger partial charge in [0.15, 0.2) is 5.78 Å². The maximum Gasteiger partial charge on any atom is 0.252 e. The standard InChI is InChI=1S/C14H11N5O/c1-9-14(10-4-2-3-5-11(10)17-9)12(20)7-19-8-16-13(6-15)18-19/h2-5,8,17H,7H2,1H3. The fourth-order valence-corrected chi connectivity index (χ4v) is 2.28. The molecule has 6 nitrogen and oxygen atoms in total. The van der Waals surface area contributed by atoms with E-state index in [4.69, 9.17) is 5.26 Å². The van der Waals surface area contributed by atoms with Gasteiger partial charge in [-0.15, -0.1) is 5.10 Å². The van der Waals surface area contributed by atoms with E-state index in [1.807, 2.05) is 37.3 Å². The number of hydrogen-bond donors (Lipinski definition) is 1. The van der Waals surface area contributed by atoms with Crippen molar-refractivity contribution in [3.05, 3.63) is 47.7 Å². The number of H-pyrrole nitrogens is 1. The zero-order valence-electron chi connectivity index (χ0n) is 10.8. The molecule has 2 aromatic heterocycles. The van der Waals surface area contributed by atoms with Crippen LogP contribution in [0.5, 0.6) is 0 Å². The SMILES string of the molecule is Cc1[nH]c2ccccc2c1C(=O)Cn1cnc(C#N)n1. The molecule has 0 fully saturated rings. The van der Waals surface area contributed by atoms with Crippen molar-refractivity contribution in [1.82, 2.24) is 19.7 Å². The van der Waals surface area contributed by atoms with Gasteiger partial charge in [-0.2, -0.15) is 5.26 Å². The van der Waals surface area contributed by atoms with Gasteiger partial charge in [0, 0.05) is 22.2 Å². The predicted octanol–water partition coefficient (Wildman–Crippen LogP) is 1.82. The van der Waals surface area contributed by atoms with Crippen LogP contribution in [0.1, 0.15) is 21.9 Å². The van der Waals surface area contributed by atoms with E-state index in [-0.39, 0.29) is 18.2 Å². The van der Waals surface area contributed by atoms with E-state index in [0.29, 0.717) is 5.56 Å². The van der Waals surface area contributed by atoms with Crippen molar-refractivity contribution in [2.24, 2.45) is 0 Å². The number of Topliss-reactive ketones (excluding diaryl/α,β-unsaturated/α-hetero) is 1. The van der Waals surface area contributed by atoms with E-state index in [1.165, 1.54) is 11.0 Å². The quantitative estimate of drug-likeness (QED) is 0.732. The number of rotatable bonds is 3. The number of aryl methyl sites for hydroxylation is 1. The molecule has 3 aromatic rings. The molecule has 0 bridgehead atoms. The van der Waals surface area contributed by atoms with Crippen LogP contribution in [0.15, 0.2) is 30.6 Å². The Balaban J connectivity index is 1.96. The first-order chi connectivity index (χ1) is 9.69. The lowest BCUT2D eigenvalue weighted by Crippen LogP contribution is -2.11. The van der Waals surface area contributed by atoms with Gasteiger partial charge < -0.3 is 4.98 Å². The molecule has 0 aliphatic rings. The van der Waals surface area contributed by atoms with Crippen molar-refractivity contribution in [2.75, 3.05) is 0 Å². The minimum absolute atomic E-state index is 0.0608. The third kappa shape index (κ3) is 1.95. The number of hydrogen-bond acceptors (Lipinski definition) is 4. The summed E-state index contributed by atoms with van der Waals surface area (Å²) in [7, 11) is 0. The summed E-state index contributed by atoms with van der Waals surface area (Å²) >= 11 is 0. The Morgan fingerprint density at radius 3 is 3.00 bits per heavy atom. The van der Waals surface area contributed by atoms with Crippen molar-refractivity contribution < 1.29 is 4.79 Å². The topological polar surface area (TPSA) is 87.4 Å². The number of nitrogens with one attached hydrogen (secondary N) is 1. The molecule has 0 aliphatic heterocycles. The summed E-state index contributed by atoms with van der Waals surface area (Å²) in [5, 5.41) is 13.5. The van der Waals surface area contributed by atoms with Crippen LogP contribution >= 0.6 is 0 Å². The Labute approximate surface area is 114 Å². The number of aromatic nitrogens is 4. The van der Waals surface area contributed by atoms with Crippen molar-refractivity contribution in [1.29, 1.82) is 5.26 Å². The summed E-state index contributed by atoms with van der Waals surface area (Å²) in [6.07, 6.45) is 1.39. The highest BCUT2D eigenvalue weighted by atomic mass is 16.1. The highest BCUT2D eigenvalue weighted by Crippen LogP contribution is 2.22. The highest BCUT2D eigenvalue weighted by Gasteiger charge is 2.16. The second kappa shape index (κ2) is 4.63. The van der Waals surface area contributed by atoms with Crippen LogP contribution < -0.4 is 0 Å². The van der Waals surface area contributed by atoms with E-state index in [9.17, 15) is 4.79 Å². The molecule has 0 saturated heterocycles. The molecule has 3 rings (SSSR count). The number of para-hydroxylation sites is 1. The van der Waals surface area contributed by atoms with Crippen molar-refractivity contribution >= 4 is 16.7 Å². The Bertz CT molecular complexity index is 837. The summed E-state index contributed by atoms with van der Waals surface area (Å²) in [6, 6.07) is 9.50. The Kier molecular flexibility index (Phi) is 2.80. The van der Waals surface area contributed by atoms with Gasteiger partial charge in [0.2, 0.25) is 0 Å². The van der Waals surface area contributed by atoms with E-state index in [1.54, 1.807) is 0 Å². The summed E-state index contributed by atoms with van der Waals surface area (Å²) < 4.78 is 1.38. The average Bonchev–Trinajstić information content (AvgIpc) is 3.01. The molecule has 0 unspecified atom stereocenters. The van der Waals surface area contributed by atoms with E-state index in [0.717, 1.165) is 16.6 Å². The van der Waals surface area contributed by atoms with Crippen LogP contribution in [-0.2, 0) is 6.54 Å². The molecular weight excluding hydrogens is 254 g/mol. The molecule has 6 heteroatoms. The zero-order chi connectivity index (χ0) is 14.1. The van der Waals surface area contributed by atoms with Gasteiger partial charge in [-0.1, -0.05) is 18.2 Å². The van der Waals surface area contributed by atoms with Gasteiger partial charge in [0.25, 0.3) is 5.82 Å². The molecular formula is C14H11N5O. The molecule has 0 aliphatic carbocycles. The Morgan fingerprint density at radius 2 is 2.25 bits per heavy atom. The van der Waals surface area contributed by atoms with Crippen molar-refractivity contribution in [3.8, 4) is 6.07 Å². The lowest BCUT2D eigenvalue weighted by molar-refractivity contribution is 0.0968. The second-order valence-electron chi connectivity index (χ2n) is 4.47. The molecule has 0 radical (unpaired) electrons. The number of aromatic amines is 1. The number of benzene rings is 1. The predicted molar refractivity (Wildman–Crippen MR) is 72.1 cm³/mol. The largest absolute Gasteiger partial charge is 0.358 e. The lowest BCUT2D eigenvalue weighted by Gasteiger charge is -2.01. The third-order valence-electron chi connectivity index (χ3n) is 3.11. The Morgan fingerprint density at radius 1 is 1.45 bits per heavy atom. The number of carbonyl (C=O) groups excluding carboxylic acids is 1. The third-order valence-corrected chi connectivity index (χ3v) is 3.11. The molecule has 20 heavy (non-hydrogen) atoms. The molecule has 98 valence electrons.